The Morgan fingerprint density at radius 2 is 2.00 bits per heavy atom. The molecule has 168 valence electrons. The largest absolute Gasteiger partial charge is 0.494 e. The smallest absolute Gasteiger partial charge is 0.173 e. The lowest BCUT2D eigenvalue weighted by Gasteiger charge is -2.30. The van der Waals surface area contributed by atoms with Crippen LogP contribution in [-0.2, 0) is 11.3 Å². The Hall–Kier alpha value is -1.86. The molecular formula is C24H32ClN3O2S. The van der Waals surface area contributed by atoms with E-state index in [1.807, 2.05) is 50.2 Å². The molecule has 1 heterocycles. The molecule has 1 fully saturated rings. The molecule has 0 radical (unpaired) electrons. The molecule has 0 saturated carbocycles. The van der Waals surface area contributed by atoms with Gasteiger partial charge in [0.05, 0.1) is 30.5 Å². The second kappa shape index (κ2) is 12.2. The maximum absolute atomic E-state index is 6.43. The van der Waals surface area contributed by atoms with Gasteiger partial charge in [0.15, 0.2) is 5.11 Å². The van der Waals surface area contributed by atoms with E-state index in [4.69, 9.17) is 33.3 Å². The summed E-state index contributed by atoms with van der Waals surface area (Å²) < 4.78 is 11.3. The van der Waals surface area contributed by atoms with Gasteiger partial charge < -0.3 is 19.7 Å². The lowest BCUT2D eigenvalue weighted by atomic mass is 10.2. The van der Waals surface area contributed by atoms with Crippen LogP contribution in [0.1, 0.15) is 24.5 Å². The molecule has 0 spiro atoms. The Balaban J connectivity index is 1.70. The van der Waals surface area contributed by atoms with Gasteiger partial charge in [-0.15, -0.1) is 0 Å². The zero-order valence-corrected chi connectivity index (χ0v) is 20.0. The van der Waals surface area contributed by atoms with E-state index in [0.29, 0.717) is 23.3 Å². The molecule has 2 aromatic carbocycles. The fourth-order valence-electron chi connectivity index (χ4n) is 3.61. The monoisotopic (exact) mass is 461 g/mol. The van der Waals surface area contributed by atoms with Crippen LogP contribution in [0.4, 0.5) is 5.69 Å². The number of rotatable bonds is 9. The zero-order chi connectivity index (χ0) is 22.1. The summed E-state index contributed by atoms with van der Waals surface area (Å²) in [5.41, 5.74) is 3.07. The fourth-order valence-corrected chi connectivity index (χ4v) is 4.16. The van der Waals surface area contributed by atoms with Gasteiger partial charge in [0.1, 0.15) is 5.75 Å². The number of hydrogen-bond acceptors (Lipinski definition) is 4. The molecule has 0 atom stereocenters. The predicted octanol–water partition coefficient (Wildman–Crippen LogP) is 4.97. The van der Waals surface area contributed by atoms with Crippen LogP contribution < -0.4 is 10.1 Å². The van der Waals surface area contributed by atoms with Crippen LogP contribution >= 0.6 is 23.8 Å². The maximum Gasteiger partial charge on any atom is 0.173 e. The van der Waals surface area contributed by atoms with Crippen molar-refractivity contribution in [3.63, 3.8) is 0 Å². The van der Waals surface area contributed by atoms with E-state index in [0.717, 1.165) is 68.4 Å². The Morgan fingerprint density at radius 3 is 2.74 bits per heavy atom. The van der Waals surface area contributed by atoms with Gasteiger partial charge in [0, 0.05) is 38.3 Å². The number of ether oxygens (including phenoxy) is 2. The molecule has 1 N–H and O–H groups in total. The van der Waals surface area contributed by atoms with Crippen molar-refractivity contribution in [1.82, 2.24) is 9.80 Å². The average Bonchev–Trinajstić information content (AvgIpc) is 2.77. The van der Waals surface area contributed by atoms with Gasteiger partial charge in [-0.05, 0) is 56.2 Å². The molecule has 1 aliphatic rings. The van der Waals surface area contributed by atoms with Crippen molar-refractivity contribution < 1.29 is 9.47 Å². The highest BCUT2D eigenvalue weighted by atomic mass is 35.5. The minimum atomic E-state index is 0.635. The lowest BCUT2D eigenvalue weighted by molar-refractivity contribution is 0.0367. The summed E-state index contributed by atoms with van der Waals surface area (Å²) in [6.07, 6.45) is 1.01. The molecule has 2 aromatic rings. The third-order valence-corrected chi connectivity index (χ3v) is 5.97. The van der Waals surface area contributed by atoms with Crippen LogP contribution in [0.3, 0.4) is 0 Å². The number of anilines is 1. The Bertz CT molecular complexity index is 858. The summed E-state index contributed by atoms with van der Waals surface area (Å²) in [7, 11) is 0. The van der Waals surface area contributed by atoms with Crippen molar-refractivity contribution in [2.75, 3.05) is 51.3 Å². The lowest BCUT2D eigenvalue weighted by Crippen LogP contribution is -2.40. The van der Waals surface area contributed by atoms with Gasteiger partial charge in [-0.25, -0.2) is 0 Å². The second-order valence-corrected chi connectivity index (χ2v) is 8.48. The van der Waals surface area contributed by atoms with Crippen LogP contribution in [0.5, 0.6) is 5.75 Å². The van der Waals surface area contributed by atoms with Gasteiger partial charge in [-0.1, -0.05) is 35.9 Å². The van der Waals surface area contributed by atoms with Gasteiger partial charge in [-0.3, -0.25) is 4.90 Å². The summed E-state index contributed by atoms with van der Waals surface area (Å²) in [5, 5.41) is 4.69. The molecule has 5 nitrogen and oxygen atoms in total. The van der Waals surface area contributed by atoms with E-state index >= 15 is 0 Å². The van der Waals surface area contributed by atoms with Crippen molar-refractivity contribution in [1.29, 1.82) is 0 Å². The van der Waals surface area contributed by atoms with E-state index in [2.05, 4.69) is 21.2 Å². The van der Waals surface area contributed by atoms with Crippen molar-refractivity contribution in [3.8, 4) is 5.75 Å². The van der Waals surface area contributed by atoms with Crippen molar-refractivity contribution in [2.24, 2.45) is 0 Å². The average molecular weight is 462 g/mol. The normalized spacial score (nSPS) is 14.3. The van der Waals surface area contributed by atoms with Gasteiger partial charge in [-0.2, -0.15) is 0 Å². The minimum absolute atomic E-state index is 0.635. The van der Waals surface area contributed by atoms with Crippen molar-refractivity contribution in [2.45, 2.75) is 26.8 Å². The molecule has 0 aromatic heterocycles. The number of hydrogen-bond donors (Lipinski definition) is 1. The highest BCUT2D eigenvalue weighted by Gasteiger charge is 2.16. The number of nitrogens with one attached hydrogen (secondary N) is 1. The van der Waals surface area contributed by atoms with Gasteiger partial charge in [0.25, 0.3) is 0 Å². The maximum atomic E-state index is 6.43. The number of para-hydroxylation sites is 1. The first-order valence-corrected chi connectivity index (χ1v) is 11.7. The summed E-state index contributed by atoms with van der Waals surface area (Å²) in [5.74, 6) is 0.902. The summed E-state index contributed by atoms with van der Waals surface area (Å²) in [4.78, 5) is 4.65. The topological polar surface area (TPSA) is 37.0 Å². The molecule has 0 aliphatic carbocycles. The Kier molecular flexibility index (Phi) is 9.40. The van der Waals surface area contributed by atoms with E-state index in [-0.39, 0.29) is 0 Å². The Morgan fingerprint density at radius 1 is 1.23 bits per heavy atom. The molecule has 3 rings (SSSR count). The fraction of sp³-hybridized carbons (Fsp3) is 0.458. The predicted molar refractivity (Wildman–Crippen MR) is 132 cm³/mol. The zero-order valence-electron chi connectivity index (χ0n) is 18.4. The molecule has 0 bridgehead atoms. The number of benzene rings is 2. The molecule has 31 heavy (non-hydrogen) atoms. The van der Waals surface area contributed by atoms with Crippen LogP contribution in [-0.4, -0.2) is 60.9 Å². The van der Waals surface area contributed by atoms with Gasteiger partial charge >= 0.3 is 0 Å². The van der Waals surface area contributed by atoms with Crippen LogP contribution in [0.2, 0.25) is 5.02 Å². The highest BCUT2D eigenvalue weighted by molar-refractivity contribution is 7.80. The number of halogens is 1. The van der Waals surface area contributed by atoms with Crippen molar-refractivity contribution >= 4 is 34.6 Å². The third kappa shape index (κ3) is 7.35. The molecule has 1 saturated heterocycles. The van der Waals surface area contributed by atoms with E-state index in [1.165, 1.54) is 0 Å². The minimum Gasteiger partial charge on any atom is -0.494 e. The van der Waals surface area contributed by atoms with Crippen LogP contribution in [0.15, 0.2) is 42.5 Å². The van der Waals surface area contributed by atoms with E-state index in [1.54, 1.807) is 0 Å². The standard InChI is InChI=1S/C24H32ClN3O2S/c1-3-30-23-8-5-4-7-20(23)18-28(12-6-11-27-13-15-29-16-14-27)24(31)26-22-10-9-19(2)17-21(22)25/h4-5,7-10,17H,3,6,11-16,18H2,1-2H3,(H,26,31). The van der Waals surface area contributed by atoms with E-state index in [9.17, 15) is 0 Å². The number of thiocarbonyl (C=S) groups is 1. The van der Waals surface area contributed by atoms with Crippen LogP contribution in [0, 0.1) is 6.92 Å². The first-order valence-electron chi connectivity index (χ1n) is 10.9. The Labute approximate surface area is 196 Å². The molecular weight excluding hydrogens is 430 g/mol. The number of nitrogens with zero attached hydrogens (tertiary/aromatic N) is 2. The SMILES string of the molecule is CCOc1ccccc1CN(CCCN1CCOCC1)C(=S)Nc1ccc(C)cc1Cl. The van der Waals surface area contributed by atoms with Crippen LogP contribution in [0.25, 0.3) is 0 Å². The summed E-state index contributed by atoms with van der Waals surface area (Å²) >= 11 is 12.2. The highest BCUT2D eigenvalue weighted by Crippen LogP contribution is 2.24. The third-order valence-electron chi connectivity index (χ3n) is 5.29. The number of morpholine rings is 1. The molecule has 7 heteroatoms. The molecule has 0 unspecified atom stereocenters. The quantitative estimate of drug-likeness (QED) is 0.531. The second-order valence-electron chi connectivity index (χ2n) is 7.68. The first-order chi connectivity index (χ1) is 15.1. The first kappa shape index (κ1) is 23.8. The van der Waals surface area contributed by atoms with E-state index < -0.39 is 0 Å². The van der Waals surface area contributed by atoms with Crippen molar-refractivity contribution in [3.05, 3.63) is 58.6 Å². The van der Waals surface area contributed by atoms with Gasteiger partial charge in [0.2, 0.25) is 0 Å². The molecule has 1 aliphatic heterocycles. The summed E-state index contributed by atoms with van der Waals surface area (Å²) in [6.45, 7) is 10.8. The number of aryl methyl sites for hydroxylation is 1. The summed E-state index contributed by atoms with van der Waals surface area (Å²) in [6, 6.07) is 14.1. The molecule has 0 amide bonds.